The van der Waals surface area contributed by atoms with E-state index >= 15 is 0 Å². The van der Waals surface area contributed by atoms with E-state index in [1.165, 1.54) is 43.2 Å². The molecule has 1 aliphatic rings. The van der Waals surface area contributed by atoms with Crippen molar-refractivity contribution in [1.29, 1.82) is 0 Å². The Kier molecular flexibility index (Phi) is 7.05. The third-order valence-corrected chi connectivity index (χ3v) is 9.95. The maximum absolute atomic E-state index is 2.43. The van der Waals surface area contributed by atoms with Gasteiger partial charge >= 0.3 is 0 Å². The molecular formula is C43H31NS. The first kappa shape index (κ1) is 27.3. The first-order valence-electron chi connectivity index (χ1n) is 15.4. The molecule has 214 valence electrons. The van der Waals surface area contributed by atoms with Crippen LogP contribution >= 0.6 is 11.8 Å². The van der Waals surface area contributed by atoms with Gasteiger partial charge in [0.15, 0.2) is 0 Å². The lowest BCUT2D eigenvalue weighted by molar-refractivity contribution is 0.703. The fraction of sp³-hybridized carbons (Fsp3) is 0.0233. The van der Waals surface area contributed by atoms with Crippen molar-refractivity contribution in [2.24, 2.45) is 0 Å². The smallest absolute Gasteiger partial charge is 0.0723 e. The molecule has 0 N–H and O–H groups in total. The van der Waals surface area contributed by atoms with Gasteiger partial charge in [-0.1, -0.05) is 145 Å². The molecule has 0 saturated heterocycles. The van der Waals surface area contributed by atoms with Gasteiger partial charge < -0.3 is 4.90 Å². The molecule has 8 rings (SSSR count). The standard InChI is InChI=1S/C43H31NS/c1-5-15-34(16-6-1)43(35-17-7-2-8-18-35)39-23-13-14-24-41(39)45-42-30-27-33(31-40(42)43)32-25-28-38(29-26-32)44(36-19-9-3-10-20-36)37-21-11-4-12-22-37/h1-31H. The number of fused-ring (bicyclic) bond motifs is 2. The molecule has 2 heteroatoms. The third-order valence-electron chi connectivity index (χ3n) is 8.80. The number of para-hydroxylation sites is 2. The van der Waals surface area contributed by atoms with Gasteiger partial charge in [-0.05, 0) is 88.0 Å². The lowest BCUT2D eigenvalue weighted by Crippen LogP contribution is -2.34. The highest BCUT2D eigenvalue weighted by Gasteiger charge is 2.44. The average Bonchev–Trinajstić information content (AvgIpc) is 3.12. The van der Waals surface area contributed by atoms with Crippen LogP contribution in [-0.4, -0.2) is 0 Å². The zero-order chi connectivity index (χ0) is 30.1. The molecule has 0 atom stereocenters. The van der Waals surface area contributed by atoms with E-state index in [0.29, 0.717) is 0 Å². The fourth-order valence-corrected chi connectivity index (χ4v) is 7.96. The summed E-state index contributed by atoms with van der Waals surface area (Å²) in [5, 5.41) is 0. The van der Waals surface area contributed by atoms with E-state index in [0.717, 1.165) is 17.1 Å². The van der Waals surface area contributed by atoms with Crippen LogP contribution in [0.1, 0.15) is 22.3 Å². The molecule has 0 radical (unpaired) electrons. The predicted molar refractivity (Wildman–Crippen MR) is 189 cm³/mol. The SMILES string of the molecule is c1ccc(N(c2ccccc2)c2ccc(-c3ccc4c(c3)C(c3ccccc3)(c3ccccc3)c3ccccc3S4)cc2)cc1. The van der Waals surface area contributed by atoms with Gasteiger partial charge in [0, 0.05) is 26.9 Å². The number of benzene rings is 7. The minimum Gasteiger partial charge on any atom is -0.311 e. The molecule has 1 heterocycles. The third kappa shape index (κ3) is 4.75. The summed E-state index contributed by atoms with van der Waals surface area (Å²) in [6, 6.07) is 68.1. The number of hydrogen-bond donors (Lipinski definition) is 0. The van der Waals surface area contributed by atoms with E-state index in [1.807, 2.05) is 11.8 Å². The Morgan fingerprint density at radius 2 is 0.800 bits per heavy atom. The first-order chi connectivity index (χ1) is 22.3. The molecule has 0 amide bonds. The maximum atomic E-state index is 2.43. The number of hydrogen-bond acceptors (Lipinski definition) is 2. The molecule has 0 aliphatic carbocycles. The van der Waals surface area contributed by atoms with Gasteiger partial charge in [-0.3, -0.25) is 0 Å². The van der Waals surface area contributed by atoms with Crippen LogP contribution in [0.3, 0.4) is 0 Å². The van der Waals surface area contributed by atoms with Crippen LogP contribution in [0, 0.1) is 0 Å². The Hall–Kier alpha value is -5.31. The molecule has 1 aliphatic heterocycles. The van der Waals surface area contributed by atoms with E-state index < -0.39 is 5.41 Å². The van der Waals surface area contributed by atoms with Crippen LogP contribution in [0.4, 0.5) is 17.1 Å². The molecule has 0 bridgehead atoms. The van der Waals surface area contributed by atoms with Gasteiger partial charge in [0.1, 0.15) is 0 Å². The second-order valence-electron chi connectivity index (χ2n) is 11.3. The van der Waals surface area contributed by atoms with Gasteiger partial charge in [0.2, 0.25) is 0 Å². The number of anilines is 3. The molecular weight excluding hydrogens is 563 g/mol. The highest BCUT2D eigenvalue weighted by molar-refractivity contribution is 7.99. The quantitative estimate of drug-likeness (QED) is 0.189. The second kappa shape index (κ2) is 11.6. The van der Waals surface area contributed by atoms with Gasteiger partial charge in [0.05, 0.1) is 5.41 Å². The fourth-order valence-electron chi connectivity index (χ4n) is 6.79. The number of rotatable bonds is 6. The normalized spacial score (nSPS) is 13.0. The van der Waals surface area contributed by atoms with Crippen molar-refractivity contribution in [3.05, 3.63) is 210 Å². The Labute approximate surface area is 269 Å². The minimum absolute atomic E-state index is 0.437. The van der Waals surface area contributed by atoms with Crippen LogP contribution in [0.25, 0.3) is 11.1 Å². The Balaban J connectivity index is 1.28. The highest BCUT2D eigenvalue weighted by Crippen LogP contribution is 2.56. The van der Waals surface area contributed by atoms with E-state index in [1.54, 1.807) is 0 Å². The van der Waals surface area contributed by atoms with Crippen LogP contribution in [0.5, 0.6) is 0 Å². The molecule has 1 nitrogen and oxygen atoms in total. The predicted octanol–water partition coefficient (Wildman–Crippen LogP) is 11.7. The van der Waals surface area contributed by atoms with E-state index in [4.69, 9.17) is 0 Å². The molecule has 7 aromatic carbocycles. The molecule has 0 unspecified atom stereocenters. The van der Waals surface area contributed by atoms with Gasteiger partial charge in [0.25, 0.3) is 0 Å². The first-order valence-corrected chi connectivity index (χ1v) is 16.2. The van der Waals surface area contributed by atoms with Gasteiger partial charge in [-0.2, -0.15) is 0 Å². The Morgan fingerprint density at radius 3 is 1.38 bits per heavy atom. The monoisotopic (exact) mass is 593 g/mol. The molecule has 45 heavy (non-hydrogen) atoms. The van der Waals surface area contributed by atoms with Crippen molar-refractivity contribution in [3.8, 4) is 11.1 Å². The zero-order valence-corrected chi connectivity index (χ0v) is 25.6. The maximum Gasteiger partial charge on any atom is 0.0723 e. The molecule has 0 saturated carbocycles. The summed E-state index contributed by atoms with van der Waals surface area (Å²) >= 11 is 1.87. The average molecular weight is 594 g/mol. The van der Waals surface area contributed by atoms with Crippen LogP contribution in [0.2, 0.25) is 0 Å². The summed E-state index contributed by atoms with van der Waals surface area (Å²) in [6.45, 7) is 0. The van der Waals surface area contributed by atoms with Crippen LogP contribution in [-0.2, 0) is 5.41 Å². The lowest BCUT2D eigenvalue weighted by atomic mass is 9.64. The van der Waals surface area contributed by atoms with Crippen LogP contribution in [0.15, 0.2) is 198 Å². The largest absolute Gasteiger partial charge is 0.311 e. The Morgan fingerprint density at radius 1 is 0.356 bits per heavy atom. The minimum atomic E-state index is -0.437. The lowest BCUT2D eigenvalue weighted by Gasteiger charge is -2.42. The molecule has 7 aromatic rings. The van der Waals surface area contributed by atoms with E-state index in [2.05, 4.69) is 193 Å². The van der Waals surface area contributed by atoms with E-state index in [9.17, 15) is 0 Å². The van der Waals surface area contributed by atoms with Gasteiger partial charge in [-0.25, -0.2) is 0 Å². The summed E-state index contributed by atoms with van der Waals surface area (Å²) in [5.41, 5.74) is 10.6. The zero-order valence-electron chi connectivity index (χ0n) is 24.8. The van der Waals surface area contributed by atoms with Crippen molar-refractivity contribution in [1.82, 2.24) is 0 Å². The second-order valence-corrected chi connectivity index (χ2v) is 12.4. The summed E-state index contributed by atoms with van der Waals surface area (Å²) in [6.07, 6.45) is 0. The van der Waals surface area contributed by atoms with Crippen molar-refractivity contribution in [2.45, 2.75) is 15.2 Å². The molecule has 0 fully saturated rings. The molecule has 0 spiro atoms. The topological polar surface area (TPSA) is 3.24 Å². The van der Waals surface area contributed by atoms with E-state index in [-0.39, 0.29) is 0 Å². The summed E-state index contributed by atoms with van der Waals surface area (Å²) in [5.74, 6) is 0. The summed E-state index contributed by atoms with van der Waals surface area (Å²) in [4.78, 5) is 4.90. The van der Waals surface area contributed by atoms with Crippen LogP contribution < -0.4 is 4.90 Å². The van der Waals surface area contributed by atoms with Gasteiger partial charge in [-0.15, -0.1) is 0 Å². The van der Waals surface area contributed by atoms with Crippen molar-refractivity contribution in [2.75, 3.05) is 4.90 Å². The summed E-state index contributed by atoms with van der Waals surface area (Å²) in [7, 11) is 0. The number of nitrogens with zero attached hydrogens (tertiary/aromatic N) is 1. The van der Waals surface area contributed by atoms with Crippen molar-refractivity contribution >= 4 is 28.8 Å². The Bertz CT molecular complexity index is 1980. The summed E-state index contributed by atoms with van der Waals surface area (Å²) < 4.78 is 0. The molecule has 0 aromatic heterocycles. The van der Waals surface area contributed by atoms with Crippen molar-refractivity contribution in [3.63, 3.8) is 0 Å². The van der Waals surface area contributed by atoms with Crippen molar-refractivity contribution < 1.29 is 0 Å². The highest BCUT2D eigenvalue weighted by atomic mass is 32.2.